The average Bonchev–Trinajstić information content (AvgIpc) is 2.55. The number of nitrogens with one attached hydrogen (secondary N) is 1. The molecule has 0 saturated heterocycles. The molecule has 4 nitrogen and oxygen atoms in total. The monoisotopic (exact) mass is 417 g/mol. The summed E-state index contributed by atoms with van der Waals surface area (Å²) >= 11 is 9.46. The lowest BCUT2D eigenvalue weighted by molar-refractivity contribution is -0.112. The molecule has 0 atom stereocenters. The molecular formula is C19H17BrClN3O. The number of carbonyl (C=O) groups is 1. The van der Waals surface area contributed by atoms with Crippen LogP contribution in [0, 0.1) is 18.3 Å². The van der Waals surface area contributed by atoms with Crippen molar-refractivity contribution in [3.05, 3.63) is 62.6 Å². The molecule has 0 aliphatic carbocycles. The lowest BCUT2D eigenvalue weighted by atomic mass is 10.1. The van der Waals surface area contributed by atoms with Crippen molar-refractivity contribution in [3.63, 3.8) is 0 Å². The fraction of sp³-hybridized carbons (Fsp3) is 0.158. The molecule has 2 aromatic carbocycles. The molecule has 0 fully saturated rings. The number of halogens is 2. The third-order valence-electron chi connectivity index (χ3n) is 3.58. The highest BCUT2D eigenvalue weighted by atomic mass is 79.9. The van der Waals surface area contributed by atoms with Gasteiger partial charge in [0.1, 0.15) is 11.6 Å². The van der Waals surface area contributed by atoms with Crippen molar-refractivity contribution in [1.82, 2.24) is 0 Å². The van der Waals surface area contributed by atoms with Crippen molar-refractivity contribution in [2.24, 2.45) is 0 Å². The van der Waals surface area contributed by atoms with Crippen molar-refractivity contribution in [3.8, 4) is 6.07 Å². The summed E-state index contributed by atoms with van der Waals surface area (Å²) in [5, 5.41) is 12.6. The standard InChI is InChI=1S/C19H17BrClN3O/c1-12-4-6-15(21)10-17(12)23-19(25)14(11-22)8-13-5-7-18(24(2)3)16(20)9-13/h4-10H,1-3H3,(H,23,25)/b14-8+. The van der Waals surface area contributed by atoms with Gasteiger partial charge in [0.05, 0.1) is 5.69 Å². The number of nitrogens with zero attached hydrogens (tertiary/aromatic N) is 2. The van der Waals surface area contributed by atoms with Crippen LogP contribution in [0.5, 0.6) is 0 Å². The van der Waals surface area contributed by atoms with Crippen LogP contribution in [0.25, 0.3) is 6.08 Å². The molecule has 0 unspecified atom stereocenters. The van der Waals surface area contributed by atoms with Crippen molar-refractivity contribution in [1.29, 1.82) is 5.26 Å². The Bertz CT molecular complexity index is 885. The summed E-state index contributed by atoms with van der Waals surface area (Å²) < 4.78 is 0.884. The van der Waals surface area contributed by atoms with E-state index in [4.69, 9.17) is 11.6 Å². The van der Waals surface area contributed by atoms with Crippen LogP contribution in [0.2, 0.25) is 5.02 Å². The molecule has 1 amide bonds. The van der Waals surface area contributed by atoms with Crippen molar-refractivity contribution < 1.29 is 4.79 Å². The molecule has 1 N–H and O–H groups in total. The van der Waals surface area contributed by atoms with E-state index in [1.807, 2.05) is 56.3 Å². The first-order valence-electron chi connectivity index (χ1n) is 7.48. The van der Waals surface area contributed by atoms with E-state index in [0.717, 1.165) is 21.3 Å². The third-order valence-corrected chi connectivity index (χ3v) is 4.45. The number of rotatable bonds is 4. The highest BCUT2D eigenvalue weighted by molar-refractivity contribution is 9.10. The van der Waals surface area contributed by atoms with Crippen molar-refractivity contribution in [2.45, 2.75) is 6.92 Å². The summed E-state index contributed by atoms with van der Waals surface area (Å²) in [7, 11) is 3.88. The van der Waals surface area contributed by atoms with Gasteiger partial charge in [-0.2, -0.15) is 5.26 Å². The van der Waals surface area contributed by atoms with E-state index in [2.05, 4.69) is 21.2 Å². The first kappa shape index (κ1) is 19.0. The van der Waals surface area contributed by atoms with E-state index in [9.17, 15) is 10.1 Å². The highest BCUT2D eigenvalue weighted by Crippen LogP contribution is 2.27. The molecule has 6 heteroatoms. The predicted octanol–water partition coefficient (Wildman–Crippen LogP) is 5.02. The Labute approximate surface area is 160 Å². The van der Waals surface area contributed by atoms with Gasteiger partial charge < -0.3 is 10.2 Å². The van der Waals surface area contributed by atoms with Gasteiger partial charge in [-0.3, -0.25) is 4.79 Å². The maximum atomic E-state index is 12.4. The Morgan fingerprint density at radius 2 is 2.00 bits per heavy atom. The molecule has 128 valence electrons. The van der Waals surface area contributed by atoms with Crippen LogP contribution in [0.1, 0.15) is 11.1 Å². The zero-order chi connectivity index (χ0) is 18.6. The van der Waals surface area contributed by atoms with Crippen LogP contribution in [0.3, 0.4) is 0 Å². The molecule has 0 aromatic heterocycles. The van der Waals surface area contributed by atoms with Crippen LogP contribution in [-0.2, 0) is 4.79 Å². The minimum atomic E-state index is -0.472. The van der Waals surface area contributed by atoms with Crippen LogP contribution in [-0.4, -0.2) is 20.0 Å². The van der Waals surface area contributed by atoms with Crippen molar-refractivity contribution >= 4 is 50.9 Å². The van der Waals surface area contributed by atoms with E-state index in [1.54, 1.807) is 18.2 Å². The van der Waals surface area contributed by atoms with E-state index < -0.39 is 5.91 Å². The van der Waals surface area contributed by atoms with Crippen LogP contribution in [0.15, 0.2) is 46.4 Å². The Morgan fingerprint density at radius 3 is 2.60 bits per heavy atom. The second-order valence-corrected chi connectivity index (χ2v) is 6.98. The molecule has 0 bridgehead atoms. The lowest BCUT2D eigenvalue weighted by Gasteiger charge is -2.14. The summed E-state index contributed by atoms with van der Waals surface area (Å²) in [5.74, 6) is -0.472. The molecule has 2 rings (SSSR count). The Hall–Kier alpha value is -2.29. The normalized spacial score (nSPS) is 11.0. The number of aryl methyl sites for hydroxylation is 1. The van der Waals surface area contributed by atoms with Gasteiger partial charge in [-0.05, 0) is 64.3 Å². The van der Waals surface area contributed by atoms with Gasteiger partial charge in [0.15, 0.2) is 0 Å². The predicted molar refractivity (Wildman–Crippen MR) is 107 cm³/mol. The topological polar surface area (TPSA) is 56.1 Å². The fourth-order valence-electron chi connectivity index (χ4n) is 2.21. The van der Waals surface area contributed by atoms with E-state index in [1.165, 1.54) is 0 Å². The number of carbonyl (C=O) groups excluding carboxylic acids is 1. The van der Waals surface area contributed by atoms with E-state index in [-0.39, 0.29) is 5.57 Å². The molecule has 2 aromatic rings. The quantitative estimate of drug-likeness (QED) is 0.560. The summed E-state index contributed by atoms with van der Waals surface area (Å²) in [5.41, 5.74) is 3.24. The minimum absolute atomic E-state index is 0.0175. The number of hydrogen-bond donors (Lipinski definition) is 1. The number of benzene rings is 2. The third kappa shape index (κ3) is 4.85. The summed E-state index contributed by atoms with van der Waals surface area (Å²) in [6.07, 6.45) is 1.55. The Kier molecular flexibility index (Phi) is 6.24. The summed E-state index contributed by atoms with van der Waals surface area (Å²) in [6, 6.07) is 12.8. The first-order chi connectivity index (χ1) is 11.8. The summed E-state index contributed by atoms with van der Waals surface area (Å²) in [4.78, 5) is 14.4. The maximum absolute atomic E-state index is 12.4. The van der Waals surface area contributed by atoms with Crippen LogP contribution < -0.4 is 10.2 Å². The Balaban J connectivity index is 2.28. The number of hydrogen-bond acceptors (Lipinski definition) is 3. The molecule has 25 heavy (non-hydrogen) atoms. The molecule has 0 aliphatic rings. The van der Waals surface area contributed by atoms with Crippen LogP contribution in [0.4, 0.5) is 11.4 Å². The lowest BCUT2D eigenvalue weighted by Crippen LogP contribution is -2.14. The molecule has 0 aliphatic heterocycles. The second kappa shape index (κ2) is 8.19. The van der Waals surface area contributed by atoms with Gasteiger partial charge in [0.25, 0.3) is 5.91 Å². The zero-order valence-corrected chi connectivity index (χ0v) is 16.4. The minimum Gasteiger partial charge on any atom is -0.377 e. The highest BCUT2D eigenvalue weighted by Gasteiger charge is 2.12. The summed E-state index contributed by atoms with van der Waals surface area (Å²) in [6.45, 7) is 1.86. The van der Waals surface area contributed by atoms with E-state index >= 15 is 0 Å². The largest absolute Gasteiger partial charge is 0.377 e. The number of amides is 1. The maximum Gasteiger partial charge on any atom is 0.266 e. The van der Waals surface area contributed by atoms with Gasteiger partial charge >= 0.3 is 0 Å². The van der Waals surface area contributed by atoms with Gasteiger partial charge in [-0.15, -0.1) is 0 Å². The number of anilines is 2. The molecule has 0 saturated carbocycles. The first-order valence-corrected chi connectivity index (χ1v) is 8.65. The Morgan fingerprint density at radius 1 is 1.28 bits per heavy atom. The molecule has 0 radical (unpaired) electrons. The smallest absolute Gasteiger partial charge is 0.266 e. The SMILES string of the molecule is Cc1ccc(Cl)cc1NC(=O)/C(C#N)=C/c1ccc(N(C)C)c(Br)c1. The average molecular weight is 419 g/mol. The second-order valence-electron chi connectivity index (χ2n) is 5.69. The molecule has 0 spiro atoms. The van der Waals surface area contributed by atoms with Gasteiger partial charge in [0.2, 0.25) is 0 Å². The fourth-order valence-corrected chi connectivity index (χ4v) is 3.13. The molecular weight excluding hydrogens is 402 g/mol. The van der Waals surface area contributed by atoms with Gasteiger partial charge in [-0.1, -0.05) is 23.7 Å². The van der Waals surface area contributed by atoms with Crippen molar-refractivity contribution in [2.75, 3.05) is 24.3 Å². The zero-order valence-electron chi connectivity index (χ0n) is 14.1. The van der Waals surface area contributed by atoms with E-state index in [0.29, 0.717) is 10.7 Å². The molecule has 0 heterocycles. The van der Waals surface area contributed by atoms with Gasteiger partial charge in [-0.25, -0.2) is 0 Å². The van der Waals surface area contributed by atoms with Crippen LogP contribution >= 0.6 is 27.5 Å². The number of nitriles is 1. The van der Waals surface area contributed by atoms with Gasteiger partial charge in [0, 0.05) is 29.3 Å².